The van der Waals surface area contributed by atoms with Gasteiger partial charge in [0.1, 0.15) is 128 Å². The maximum atomic E-state index is 12.0. The summed E-state index contributed by atoms with van der Waals surface area (Å²) in [5.41, 5.74) is 0. The second-order valence-corrected chi connectivity index (χ2v) is 31.9. The Bertz CT molecular complexity index is 2330. The number of ether oxygens (including phenoxy) is 14. The van der Waals surface area contributed by atoms with Crippen molar-refractivity contribution < 1.29 is 207 Å². The molecule has 21 aliphatic heterocycles. The fraction of sp³-hybridized carbons (Fsp3) is 0.875. The van der Waals surface area contributed by atoms with Crippen molar-refractivity contribution in [2.24, 2.45) is 0 Å². The molecule has 0 spiro atoms. The Balaban J connectivity index is 1.20. The Hall–Kier alpha value is -2.38. The van der Waals surface area contributed by atoms with Crippen LogP contribution in [-0.4, -0.2) is 445 Å². The molecule has 0 aromatic rings. The molecule has 21 N–H and O–H groups in total. The zero-order valence-corrected chi connectivity index (χ0v) is 60.1. The number of aliphatic carboxylic acids is 7. The standard InChI is InChI=1S/C56H84O42S7/c57-22(58)8-99-1-15-43-29(71)36(78)50(85-15)93-44-16(2-100-9-23(59)60)87-52(38(80)31(44)73)95-46-18(4-102-11-25(63)64)89-54(40(82)33(46)75)97-48-20(6-104-13-27(67)68)91-56(42(84)35(48)77)98-49-21(7-105-14-28(69)70)90-55(41(83)34(49)76)96-47-19(5-103-12-26(65)66)88-53(39(81)32(47)74)94-45-17(3-101-10-24(61)62)86-51(92-43)37(79)30(45)72/h15-21,29-56,71-84H,1-14H2,(H,57,58)(H,59,60)(H,61,62)(H,63,64)(H,65,66)(H,67,68)(H,69,70)/t15?,16?,17?,18?,19?,20?,21?,29?,30?,31?,32?,33?,34?,35?,36?,37?,38?,39?,40?,41?,42?,43-,44-,45-,46-,47-,48-,49-,50-,51-,52-,53-,54-,55-,56+/m1/s1. The largest absolute Gasteiger partial charge is 0.481 e. The van der Waals surface area contributed by atoms with Gasteiger partial charge in [0, 0.05) is 40.3 Å². The zero-order chi connectivity index (χ0) is 77.0. The minimum atomic E-state index is -2.34. The summed E-state index contributed by atoms with van der Waals surface area (Å²) in [4.78, 5) is 82.8. The van der Waals surface area contributed by atoms with E-state index >= 15 is 0 Å². The molecule has 0 aromatic carbocycles. The summed E-state index contributed by atoms with van der Waals surface area (Å²) in [6.07, 6.45) is -73.0. The van der Waals surface area contributed by atoms with Crippen molar-refractivity contribution in [1.82, 2.24) is 0 Å². The third-order valence-electron chi connectivity index (χ3n) is 17.1. The second-order valence-electron chi connectivity index (χ2n) is 24.7. The van der Waals surface area contributed by atoms with E-state index < -0.39 is 337 Å². The fourth-order valence-corrected chi connectivity index (χ4v) is 17.7. The van der Waals surface area contributed by atoms with Crippen LogP contribution >= 0.6 is 82.3 Å². The van der Waals surface area contributed by atoms with E-state index in [1.807, 2.05) is 0 Å². The molecular weight excluding hydrogens is 1570 g/mol. The topological polar surface area (TPSA) is 674 Å². The molecule has 0 radical (unpaired) electrons. The maximum Gasteiger partial charge on any atom is 0.313 e. The average Bonchev–Trinajstić information content (AvgIpc) is 0.960. The van der Waals surface area contributed by atoms with Gasteiger partial charge in [-0.2, -0.15) is 0 Å². The maximum absolute atomic E-state index is 12.0. The van der Waals surface area contributed by atoms with Crippen molar-refractivity contribution in [2.75, 3.05) is 80.5 Å². The Morgan fingerprint density at radius 2 is 0.286 bits per heavy atom. The van der Waals surface area contributed by atoms with Crippen molar-refractivity contribution in [2.45, 2.75) is 215 Å². The molecule has 105 heavy (non-hydrogen) atoms. The smallest absolute Gasteiger partial charge is 0.313 e. The van der Waals surface area contributed by atoms with Gasteiger partial charge in [0.25, 0.3) is 0 Å². The molecule has 49 heteroatoms. The quantitative estimate of drug-likeness (QED) is 0.0346. The minimum Gasteiger partial charge on any atom is -0.481 e. The van der Waals surface area contributed by atoms with Crippen LogP contribution in [0.15, 0.2) is 0 Å². The van der Waals surface area contributed by atoms with Gasteiger partial charge in [0.2, 0.25) is 0 Å². The Labute approximate surface area is 623 Å². The summed E-state index contributed by atoms with van der Waals surface area (Å²) >= 11 is 4.45. The normalized spacial score (nSPS) is 43.5. The monoisotopic (exact) mass is 1650 g/mol. The Kier molecular flexibility index (Phi) is 34.3. The van der Waals surface area contributed by atoms with Gasteiger partial charge in [-0.15, -0.1) is 82.3 Å². The Morgan fingerprint density at radius 3 is 0.381 bits per heavy atom. The lowest BCUT2D eigenvalue weighted by Crippen LogP contribution is -2.68. The third kappa shape index (κ3) is 23.4. The third-order valence-corrected chi connectivity index (χ3v) is 24.2. The molecule has 21 unspecified atom stereocenters. The highest BCUT2D eigenvalue weighted by Gasteiger charge is 2.60. The van der Waals surface area contributed by atoms with E-state index in [2.05, 4.69) is 0 Å². The first kappa shape index (κ1) is 88.2. The van der Waals surface area contributed by atoms with Crippen LogP contribution in [0.4, 0.5) is 0 Å². The van der Waals surface area contributed by atoms with E-state index in [1.54, 1.807) is 0 Å². The van der Waals surface area contributed by atoms with Gasteiger partial charge in [-0.25, -0.2) is 0 Å². The van der Waals surface area contributed by atoms with Crippen molar-refractivity contribution >= 4 is 124 Å². The van der Waals surface area contributed by atoms with Crippen molar-refractivity contribution in [3.63, 3.8) is 0 Å². The number of carbonyl (C=O) groups is 7. The molecule has 21 heterocycles. The zero-order valence-electron chi connectivity index (χ0n) is 54.4. The summed E-state index contributed by atoms with van der Waals surface area (Å²) in [7, 11) is 0. The van der Waals surface area contributed by atoms with E-state index in [-0.39, 0.29) is 0 Å². The number of hydrogen-bond donors (Lipinski definition) is 21. The molecule has 0 amide bonds. The summed E-state index contributed by atoms with van der Waals surface area (Å²) < 4.78 is 85.2. The van der Waals surface area contributed by atoms with Crippen LogP contribution in [0.5, 0.6) is 0 Å². The highest BCUT2D eigenvalue weighted by molar-refractivity contribution is 8.01. The molecule has 14 bridgehead atoms. The molecule has 21 rings (SSSR count). The number of aliphatic hydroxyl groups is 14. The van der Waals surface area contributed by atoms with Crippen molar-refractivity contribution in [3.8, 4) is 0 Å². The van der Waals surface area contributed by atoms with Gasteiger partial charge in [0.05, 0.1) is 83.0 Å². The number of rotatable bonds is 28. The predicted molar refractivity (Wildman–Crippen MR) is 354 cm³/mol. The molecule has 42 nitrogen and oxygen atoms in total. The SMILES string of the molecule is O=C(O)CSCC1O[C@@H]2O[C@@H]3C(CSCC(=O)O)O[C@H](O[C@@H]4C(CSCC(=O)O)O[C@H](O[C@@H]5C(CSCC(=O)O)O[C@@H](O[C@@H]6C(CSCC(=O)O)O[C@H](O[C@@H]7C(CSCC(=O)O)O[C@H](O[C@@H]8C(CSCC(=O)O)O[C@H](O[C@H]1C(O)C2O)C(O)C8O)C(O)C7O)C(O)C6O)C(O)C5O)C(O)C4O)C(O)C3O. The van der Waals surface area contributed by atoms with Gasteiger partial charge in [-0.1, -0.05) is 0 Å². The van der Waals surface area contributed by atoms with Gasteiger partial charge in [-0.05, 0) is 0 Å². The first-order valence-corrected chi connectivity index (χ1v) is 40.0. The highest BCUT2D eigenvalue weighted by Crippen LogP contribution is 2.41. The number of hydrogen-bond acceptors (Lipinski definition) is 42. The van der Waals surface area contributed by atoms with E-state index in [9.17, 15) is 141 Å². The van der Waals surface area contributed by atoms with Crippen molar-refractivity contribution in [3.05, 3.63) is 0 Å². The molecule has 21 saturated heterocycles. The van der Waals surface area contributed by atoms with Crippen LogP contribution in [-0.2, 0) is 99.9 Å². The minimum absolute atomic E-state index is 0.501. The van der Waals surface area contributed by atoms with E-state index in [1.165, 1.54) is 0 Å². The summed E-state index contributed by atoms with van der Waals surface area (Å²) in [6, 6.07) is 0. The summed E-state index contributed by atoms with van der Waals surface area (Å²) in [5.74, 6) is -17.7. The average molecular weight is 1650 g/mol. The van der Waals surface area contributed by atoms with Crippen LogP contribution in [0.3, 0.4) is 0 Å². The van der Waals surface area contributed by atoms with E-state index in [0.717, 1.165) is 0 Å². The molecule has 0 aromatic heterocycles. The summed E-state index contributed by atoms with van der Waals surface area (Å²) in [5, 5.41) is 234. The van der Waals surface area contributed by atoms with Crippen LogP contribution < -0.4 is 0 Å². The molecule has 0 saturated carbocycles. The highest BCUT2D eigenvalue weighted by atomic mass is 32.2. The van der Waals surface area contributed by atoms with Crippen LogP contribution in [0.25, 0.3) is 0 Å². The first-order valence-electron chi connectivity index (χ1n) is 31.9. The lowest BCUT2D eigenvalue weighted by Gasteiger charge is -2.50. The molecular formula is C56H84O42S7. The lowest BCUT2D eigenvalue weighted by molar-refractivity contribution is -0.389. The van der Waals surface area contributed by atoms with Crippen LogP contribution in [0.1, 0.15) is 0 Å². The number of carboxylic acid groups (broad SMARTS) is 7. The second kappa shape index (κ2) is 40.9. The van der Waals surface area contributed by atoms with E-state index in [0.29, 0.717) is 82.3 Å². The molecule has 0 aliphatic carbocycles. The van der Waals surface area contributed by atoms with E-state index in [4.69, 9.17) is 66.3 Å². The molecule has 602 valence electrons. The predicted octanol–water partition coefficient (Wildman–Crippen LogP) is -9.45. The molecule has 35 atom stereocenters. The molecule has 21 aliphatic rings. The number of thioether (sulfide) groups is 7. The van der Waals surface area contributed by atoms with Gasteiger partial charge in [-0.3, -0.25) is 33.6 Å². The van der Waals surface area contributed by atoms with Gasteiger partial charge >= 0.3 is 41.8 Å². The summed E-state index contributed by atoms with van der Waals surface area (Å²) in [6.45, 7) is 0. The fourth-order valence-electron chi connectivity index (χ4n) is 12.2. The van der Waals surface area contributed by atoms with Crippen LogP contribution in [0.2, 0.25) is 0 Å². The van der Waals surface area contributed by atoms with Crippen LogP contribution in [0, 0.1) is 0 Å². The van der Waals surface area contributed by atoms with Gasteiger partial charge < -0.3 is 174 Å². The van der Waals surface area contributed by atoms with Gasteiger partial charge in [0.15, 0.2) is 44.0 Å². The Morgan fingerprint density at radius 1 is 0.181 bits per heavy atom. The lowest BCUT2D eigenvalue weighted by atomic mass is 9.95. The number of aliphatic hydroxyl groups excluding tert-OH is 14. The number of carboxylic acids is 7. The van der Waals surface area contributed by atoms with Crippen molar-refractivity contribution in [1.29, 1.82) is 0 Å². The molecule has 21 fully saturated rings. The first-order chi connectivity index (χ1) is 49.6.